The standard InChI is InChI=1S/C20H22N2O5/c1-2-26-18-10-15(20(25)22(12-19(23)24)16-6-7-16)5-8-17(18)27-13-14-4-3-9-21-11-14/h3-5,8-11,16H,2,6-7,12-13H2,1H3,(H,23,24). The molecule has 3 rings (SSSR count). The second-order valence-electron chi connectivity index (χ2n) is 6.30. The van der Waals surface area contributed by atoms with E-state index in [1.807, 2.05) is 19.1 Å². The molecule has 0 unspecified atom stereocenters. The van der Waals surface area contributed by atoms with Crippen LogP contribution in [0.15, 0.2) is 42.7 Å². The van der Waals surface area contributed by atoms with Gasteiger partial charge in [-0.05, 0) is 44.0 Å². The lowest BCUT2D eigenvalue weighted by Crippen LogP contribution is -2.37. The molecule has 0 atom stereocenters. The molecule has 1 aliphatic rings. The molecule has 7 heteroatoms. The van der Waals surface area contributed by atoms with Crippen molar-refractivity contribution < 1.29 is 24.2 Å². The molecule has 27 heavy (non-hydrogen) atoms. The van der Waals surface area contributed by atoms with Crippen LogP contribution < -0.4 is 9.47 Å². The molecular weight excluding hydrogens is 348 g/mol. The fourth-order valence-corrected chi connectivity index (χ4v) is 2.74. The summed E-state index contributed by atoms with van der Waals surface area (Å²) in [4.78, 5) is 29.3. The summed E-state index contributed by atoms with van der Waals surface area (Å²) in [5, 5.41) is 9.07. The molecule has 0 radical (unpaired) electrons. The normalized spacial score (nSPS) is 13.1. The lowest BCUT2D eigenvalue weighted by atomic mass is 10.1. The molecule has 1 aliphatic carbocycles. The van der Waals surface area contributed by atoms with Gasteiger partial charge < -0.3 is 19.5 Å². The van der Waals surface area contributed by atoms with Gasteiger partial charge in [-0.3, -0.25) is 14.6 Å². The van der Waals surface area contributed by atoms with Crippen LogP contribution in [0.2, 0.25) is 0 Å². The van der Waals surface area contributed by atoms with Gasteiger partial charge in [0.25, 0.3) is 5.91 Å². The van der Waals surface area contributed by atoms with Crippen LogP contribution in [0.3, 0.4) is 0 Å². The summed E-state index contributed by atoms with van der Waals surface area (Å²) in [6, 6.07) is 8.68. The van der Waals surface area contributed by atoms with E-state index in [-0.39, 0.29) is 18.5 Å². The molecular formula is C20H22N2O5. The molecule has 1 saturated carbocycles. The number of ether oxygens (including phenoxy) is 2. The lowest BCUT2D eigenvalue weighted by Gasteiger charge is -2.21. The molecule has 0 bridgehead atoms. The van der Waals surface area contributed by atoms with Crippen LogP contribution in [0.5, 0.6) is 11.5 Å². The Labute approximate surface area is 157 Å². The van der Waals surface area contributed by atoms with Crippen molar-refractivity contribution in [2.24, 2.45) is 0 Å². The number of carbonyl (C=O) groups excluding carboxylic acids is 1. The number of benzene rings is 1. The first-order valence-corrected chi connectivity index (χ1v) is 8.89. The highest BCUT2D eigenvalue weighted by Crippen LogP contribution is 2.32. The molecule has 0 aliphatic heterocycles. The van der Waals surface area contributed by atoms with E-state index in [0.29, 0.717) is 30.3 Å². The van der Waals surface area contributed by atoms with E-state index in [2.05, 4.69) is 4.98 Å². The Morgan fingerprint density at radius 1 is 1.22 bits per heavy atom. The highest BCUT2D eigenvalue weighted by Gasteiger charge is 2.34. The van der Waals surface area contributed by atoms with Crippen molar-refractivity contribution in [3.05, 3.63) is 53.9 Å². The minimum Gasteiger partial charge on any atom is -0.490 e. The predicted molar refractivity (Wildman–Crippen MR) is 97.9 cm³/mol. The number of carbonyl (C=O) groups is 2. The zero-order valence-corrected chi connectivity index (χ0v) is 15.1. The van der Waals surface area contributed by atoms with Crippen LogP contribution in [0.4, 0.5) is 0 Å². The Morgan fingerprint density at radius 2 is 2.04 bits per heavy atom. The molecule has 142 valence electrons. The number of aliphatic carboxylic acids is 1. The zero-order chi connectivity index (χ0) is 19.2. The summed E-state index contributed by atoms with van der Waals surface area (Å²) in [7, 11) is 0. The number of aromatic nitrogens is 1. The summed E-state index contributed by atoms with van der Waals surface area (Å²) >= 11 is 0. The van der Waals surface area contributed by atoms with Gasteiger partial charge in [-0.25, -0.2) is 0 Å². The molecule has 2 aromatic rings. The second-order valence-corrected chi connectivity index (χ2v) is 6.30. The third-order valence-corrected chi connectivity index (χ3v) is 4.16. The fourth-order valence-electron chi connectivity index (χ4n) is 2.74. The molecule has 1 N–H and O–H groups in total. The van der Waals surface area contributed by atoms with Crippen molar-refractivity contribution in [2.75, 3.05) is 13.2 Å². The van der Waals surface area contributed by atoms with E-state index in [4.69, 9.17) is 14.6 Å². The molecule has 1 aromatic heterocycles. The average molecular weight is 370 g/mol. The van der Waals surface area contributed by atoms with E-state index >= 15 is 0 Å². The molecule has 1 heterocycles. The van der Waals surface area contributed by atoms with Crippen molar-refractivity contribution in [1.29, 1.82) is 0 Å². The van der Waals surface area contributed by atoms with E-state index in [9.17, 15) is 9.59 Å². The first kappa shape index (κ1) is 18.7. The van der Waals surface area contributed by atoms with Gasteiger partial charge in [-0.2, -0.15) is 0 Å². The summed E-state index contributed by atoms with van der Waals surface area (Å²) in [6.07, 6.45) is 5.09. The smallest absolute Gasteiger partial charge is 0.323 e. The topological polar surface area (TPSA) is 89.0 Å². The third-order valence-electron chi connectivity index (χ3n) is 4.16. The number of hydrogen-bond acceptors (Lipinski definition) is 5. The Kier molecular flexibility index (Phi) is 5.90. The quantitative estimate of drug-likeness (QED) is 0.730. The number of amides is 1. The van der Waals surface area contributed by atoms with Crippen LogP contribution in [-0.4, -0.2) is 46.1 Å². The SMILES string of the molecule is CCOc1cc(C(=O)N(CC(=O)O)C2CC2)ccc1OCc1cccnc1. The number of hydrogen-bond donors (Lipinski definition) is 1. The third kappa shape index (κ3) is 4.97. The summed E-state index contributed by atoms with van der Waals surface area (Å²) < 4.78 is 11.4. The summed E-state index contributed by atoms with van der Waals surface area (Å²) in [5.41, 5.74) is 1.31. The second kappa shape index (κ2) is 8.53. The minimum absolute atomic E-state index is 0.00523. The van der Waals surface area contributed by atoms with Crippen molar-refractivity contribution in [1.82, 2.24) is 9.88 Å². The molecule has 0 spiro atoms. The first-order chi connectivity index (χ1) is 13.1. The van der Waals surface area contributed by atoms with Gasteiger partial charge in [-0.1, -0.05) is 6.07 Å². The Bertz CT molecular complexity index is 805. The van der Waals surface area contributed by atoms with Crippen molar-refractivity contribution in [3.63, 3.8) is 0 Å². The van der Waals surface area contributed by atoms with Crippen LogP contribution in [-0.2, 0) is 11.4 Å². The van der Waals surface area contributed by atoms with Crippen molar-refractivity contribution in [2.45, 2.75) is 32.4 Å². The van der Waals surface area contributed by atoms with Gasteiger partial charge >= 0.3 is 5.97 Å². The monoisotopic (exact) mass is 370 g/mol. The highest BCUT2D eigenvalue weighted by molar-refractivity contribution is 5.96. The van der Waals surface area contributed by atoms with Crippen LogP contribution >= 0.6 is 0 Å². The minimum atomic E-state index is -1.02. The van der Waals surface area contributed by atoms with Crippen LogP contribution in [0, 0.1) is 0 Å². The summed E-state index contributed by atoms with van der Waals surface area (Å²) in [5.74, 6) is -0.344. The zero-order valence-electron chi connectivity index (χ0n) is 15.1. The van der Waals surface area contributed by atoms with E-state index in [0.717, 1.165) is 18.4 Å². The summed E-state index contributed by atoms with van der Waals surface area (Å²) in [6.45, 7) is 2.30. The fraction of sp³-hybridized carbons (Fsp3) is 0.350. The van der Waals surface area contributed by atoms with E-state index < -0.39 is 5.97 Å². The Morgan fingerprint density at radius 3 is 2.67 bits per heavy atom. The van der Waals surface area contributed by atoms with Crippen LogP contribution in [0.25, 0.3) is 0 Å². The maximum absolute atomic E-state index is 12.8. The lowest BCUT2D eigenvalue weighted by molar-refractivity contribution is -0.137. The maximum atomic E-state index is 12.8. The van der Waals surface area contributed by atoms with Gasteiger partial charge in [-0.15, -0.1) is 0 Å². The predicted octanol–water partition coefficient (Wildman–Crippen LogP) is 2.75. The number of rotatable bonds is 9. The van der Waals surface area contributed by atoms with E-state index in [1.165, 1.54) is 4.90 Å². The van der Waals surface area contributed by atoms with Crippen molar-refractivity contribution in [3.8, 4) is 11.5 Å². The molecule has 1 aromatic carbocycles. The Balaban J connectivity index is 1.77. The number of nitrogens with zero attached hydrogens (tertiary/aromatic N) is 2. The molecule has 7 nitrogen and oxygen atoms in total. The van der Waals surface area contributed by atoms with Gasteiger partial charge in [0.15, 0.2) is 11.5 Å². The highest BCUT2D eigenvalue weighted by atomic mass is 16.5. The molecule has 0 saturated heterocycles. The number of carboxylic acids is 1. The molecule has 1 fully saturated rings. The molecule has 1 amide bonds. The number of pyridine rings is 1. The number of carboxylic acid groups (broad SMARTS) is 1. The van der Waals surface area contributed by atoms with Crippen molar-refractivity contribution >= 4 is 11.9 Å². The van der Waals surface area contributed by atoms with Gasteiger partial charge in [0.2, 0.25) is 0 Å². The van der Waals surface area contributed by atoms with Gasteiger partial charge in [0.1, 0.15) is 13.2 Å². The Hall–Kier alpha value is -3.09. The first-order valence-electron chi connectivity index (χ1n) is 8.89. The average Bonchev–Trinajstić information content (AvgIpc) is 3.50. The van der Waals surface area contributed by atoms with Crippen LogP contribution in [0.1, 0.15) is 35.7 Å². The van der Waals surface area contributed by atoms with Gasteiger partial charge in [0, 0.05) is 29.6 Å². The largest absolute Gasteiger partial charge is 0.490 e. The van der Waals surface area contributed by atoms with E-state index in [1.54, 1.807) is 30.6 Å². The maximum Gasteiger partial charge on any atom is 0.323 e. The van der Waals surface area contributed by atoms with Gasteiger partial charge in [0.05, 0.1) is 6.61 Å².